The highest BCUT2D eigenvalue weighted by molar-refractivity contribution is 7.22. The molecule has 36 heavy (non-hydrogen) atoms. The Balaban J connectivity index is 0.00000361. The van der Waals surface area contributed by atoms with Crippen LogP contribution in [-0.2, 0) is 9.53 Å². The Hall–Kier alpha value is -2.10. The molecule has 10 heteroatoms. The van der Waals surface area contributed by atoms with E-state index in [2.05, 4.69) is 4.90 Å². The van der Waals surface area contributed by atoms with Crippen molar-refractivity contribution in [2.75, 3.05) is 51.4 Å². The molecule has 1 fully saturated rings. The lowest BCUT2D eigenvalue weighted by Gasteiger charge is -2.32. The number of halogens is 2. The van der Waals surface area contributed by atoms with Crippen LogP contribution in [0.5, 0.6) is 11.5 Å². The first-order chi connectivity index (χ1) is 16.8. The van der Waals surface area contributed by atoms with Crippen LogP contribution in [-0.4, -0.2) is 67.9 Å². The normalized spacial score (nSPS) is 14.4. The van der Waals surface area contributed by atoms with Crippen molar-refractivity contribution in [3.05, 3.63) is 47.0 Å². The molecule has 1 aliphatic rings. The number of ether oxygens (including phenoxy) is 3. The van der Waals surface area contributed by atoms with Gasteiger partial charge in [-0.15, -0.1) is 12.4 Å². The number of hydrogen-bond acceptors (Lipinski definition) is 7. The number of rotatable bonds is 9. The molecule has 3 aromatic rings. The number of aryl methyl sites for hydroxylation is 1. The first kappa shape index (κ1) is 28.5. The summed E-state index contributed by atoms with van der Waals surface area (Å²) in [5, 5.41) is 1.26. The number of fused-ring (bicyclic) bond motifs is 1. The molecule has 1 aromatic heterocycles. The second-order valence-electron chi connectivity index (χ2n) is 9.09. The first-order valence-corrected chi connectivity index (χ1v) is 13.0. The smallest absolute Gasteiger partial charge is 0.272 e. The van der Waals surface area contributed by atoms with Gasteiger partial charge in [-0.25, -0.2) is 4.98 Å². The van der Waals surface area contributed by atoms with Crippen molar-refractivity contribution in [2.45, 2.75) is 32.8 Å². The van der Waals surface area contributed by atoms with Gasteiger partial charge in [-0.3, -0.25) is 14.6 Å². The van der Waals surface area contributed by atoms with Crippen LogP contribution in [0, 0.1) is 6.92 Å². The molecule has 0 unspecified atom stereocenters. The van der Waals surface area contributed by atoms with Crippen molar-refractivity contribution in [3.8, 4) is 11.5 Å². The first-order valence-electron chi connectivity index (χ1n) is 11.8. The molecule has 0 spiro atoms. The van der Waals surface area contributed by atoms with E-state index in [9.17, 15) is 4.79 Å². The third kappa shape index (κ3) is 6.61. The number of morpholine rings is 1. The fraction of sp³-hybridized carbons (Fsp3) is 0.462. The van der Waals surface area contributed by atoms with Crippen LogP contribution in [0.4, 0.5) is 5.13 Å². The van der Waals surface area contributed by atoms with Crippen LogP contribution in [0.25, 0.3) is 10.2 Å². The maximum atomic E-state index is 13.9. The van der Waals surface area contributed by atoms with Gasteiger partial charge in [0.2, 0.25) is 0 Å². The monoisotopic (exact) mass is 553 g/mol. The summed E-state index contributed by atoms with van der Waals surface area (Å²) in [6, 6.07) is 11.0. The molecule has 0 atom stereocenters. The van der Waals surface area contributed by atoms with Gasteiger partial charge in [-0.1, -0.05) is 29.0 Å². The summed E-state index contributed by atoms with van der Waals surface area (Å²) in [5.41, 5.74) is 0.765. The van der Waals surface area contributed by atoms with Crippen LogP contribution in [0.3, 0.4) is 0 Å². The Morgan fingerprint density at radius 3 is 2.56 bits per heavy atom. The lowest BCUT2D eigenvalue weighted by atomic mass is 10.1. The van der Waals surface area contributed by atoms with E-state index in [0.717, 1.165) is 55.0 Å². The summed E-state index contributed by atoms with van der Waals surface area (Å²) in [6.07, 6.45) is 0.814. The van der Waals surface area contributed by atoms with Gasteiger partial charge in [-0.2, -0.15) is 0 Å². The van der Waals surface area contributed by atoms with E-state index < -0.39 is 5.60 Å². The SMILES string of the molecule is COc1ccc(C)c2sc(N(CCCN3CCOCC3)C(=O)C(C)(C)Oc3ccc(Cl)cc3)nc12.Cl. The van der Waals surface area contributed by atoms with Crippen molar-refractivity contribution >= 4 is 56.6 Å². The summed E-state index contributed by atoms with van der Waals surface area (Å²) in [7, 11) is 1.64. The molecular formula is C26H33Cl2N3O4S. The van der Waals surface area contributed by atoms with Crippen LogP contribution in [0.1, 0.15) is 25.8 Å². The minimum Gasteiger partial charge on any atom is -0.494 e. The molecule has 2 heterocycles. The number of methoxy groups -OCH3 is 1. The van der Waals surface area contributed by atoms with E-state index in [1.807, 2.05) is 19.1 Å². The predicted molar refractivity (Wildman–Crippen MR) is 149 cm³/mol. The minimum absolute atomic E-state index is 0. The number of hydrogen-bond donors (Lipinski definition) is 0. The van der Waals surface area contributed by atoms with E-state index in [4.69, 9.17) is 30.8 Å². The molecule has 196 valence electrons. The zero-order valence-corrected chi connectivity index (χ0v) is 23.5. The van der Waals surface area contributed by atoms with E-state index in [0.29, 0.717) is 28.2 Å². The molecule has 0 N–H and O–H groups in total. The molecular weight excluding hydrogens is 521 g/mol. The molecule has 0 aliphatic carbocycles. The lowest BCUT2D eigenvalue weighted by molar-refractivity contribution is -0.131. The van der Waals surface area contributed by atoms with E-state index in [-0.39, 0.29) is 18.3 Å². The summed E-state index contributed by atoms with van der Waals surface area (Å²) >= 11 is 7.52. The maximum Gasteiger partial charge on any atom is 0.272 e. The zero-order valence-electron chi connectivity index (χ0n) is 21.1. The number of amides is 1. The maximum absolute atomic E-state index is 13.9. The van der Waals surface area contributed by atoms with Gasteiger partial charge in [0.25, 0.3) is 5.91 Å². The van der Waals surface area contributed by atoms with Crippen molar-refractivity contribution in [3.63, 3.8) is 0 Å². The molecule has 1 aliphatic heterocycles. The fourth-order valence-electron chi connectivity index (χ4n) is 4.11. The number of anilines is 1. The van der Waals surface area contributed by atoms with Crippen LogP contribution < -0.4 is 14.4 Å². The molecule has 0 saturated carbocycles. The molecule has 7 nitrogen and oxygen atoms in total. The van der Waals surface area contributed by atoms with Crippen molar-refractivity contribution < 1.29 is 19.0 Å². The summed E-state index contributed by atoms with van der Waals surface area (Å²) < 4.78 is 18.1. The Morgan fingerprint density at radius 1 is 1.19 bits per heavy atom. The quantitative estimate of drug-likeness (QED) is 0.343. The highest BCUT2D eigenvalue weighted by Gasteiger charge is 2.36. The van der Waals surface area contributed by atoms with Crippen LogP contribution >= 0.6 is 35.3 Å². The predicted octanol–water partition coefficient (Wildman–Crippen LogP) is 5.60. The number of thiazole rings is 1. The average molecular weight is 555 g/mol. The number of benzene rings is 2. The minimum atomic E-state index is -1.11. The molecule has 2 aromatic carbocycles. The molecule has 0 bridgehead atoms. The summed E-state index contributed by atoms with van der Waals surface area (Å²) in [5.74, 6) is 1.14. The second-order valence-corrected chi connectivity index (χ2v) is 10.5. The summed E-state index contributed by atoms with van der Waals surface area (Å²) in [6.45, 7) is 10.4. The fourth-order valence-corrected chi connectivity index (χ4v) is 5.31. The van der Waals surface area contributed by atoms with Gasteiger partial charge >= 0.3 is 0 Å². The van der Waals surface area contributed by atoms with Crippen molar-refractivity contribution in [1.82, 2.24) is 9.88 Å². The van der Waals surface area contributed by atoms with E-state index in [1.54, 1.807) is 50.1 Å². The average Bonchev–Trinajstić information content (AvgIpc) is 3.30. The lowest BCUT2D eigenvalue weighted by Crippen LogP contribution is -2.50. The van der Waals surface area contributed by atoms with E-state index >= 15 is 0 Å². The van der Waals surface area contributed by atoms with Crippen LogP contribution in [0.2, 0.25) is 5.02 Å². The van der Waals surface area contributed by atoms with E-state index in [1.165, 1.54) is 11.3 Å². The molecule has 1 saturated heterocycles. The summed E-state index contributed by atoms with van der Waals surface area (Å²) in [4.78, 5) is 22.9. The van der Waals surface area contributed by atoms with Gasteiger partial charge in [0.1, 0.15) is 17.0 Å². The number of aromatic nitrogens is 1. The number of carbonyl (C=O) groups excluding carboxylic acids is 1. The largest absolute Gasteiger partial charge is 0.494 e. The van der Waals surface area contributed by atoms with Crippen molar-refractivity contribution in [1.29, 1.82) is 0 Å². The highest BCUT2D eigenvalue weighted by Crippen LogP contribution is 2.37. The Morgan fingerprint density at radius 2 is 1.89 bits per heavy atom. The Kier molecular flexibility index (Phi) is 9.83. The highest BCUT2D eigenvalue weighted by atomic mass is 35.5. The molecule has 0 radical (unpaired) electrons. The second kappa shape index (κ2) is 12.4. The Labute approximate surface area is 227 Å². The molecule has 4 rings (SSSR count). The van der Waals surface area contributed by atoms with Gasteiger partial charge in [0.05, 0.1) is 25.0 Å². The van der Waals surface area contributed by atoms with Gasteiger partial charge in [0, 0.05) is 31.2 Å². The zero-order chi connectivity index (χ0) is 25.0. The number of carbonyl (C=O) groups is 1. The Bertz CT molecular complexity index is 1160. The standard InChI is InChI=1S/C26H32ClN3O4S.ClH/c1-18-6-11-21(32-4)22-23(18)35-25(28-22)30(13-5-12-29-14-16-33-17-15-29)24(31)26(2,3)34-20-9-7-19(27)8-10-20;/h6-11H,5,12-17H2,1-4H3;1H. The van der Waals surface area contributed by atoms with Crippen molar-refractivity contribution in [2.24, 2.45) is 0 Å². The topological polar surface area (TPSA) is 64.1 Å². The third-order valence-corrected chi connectivity index (χ3v) is 7.52. The third-order valence-electron chi connectivity index (χ3n) is 6.05. The van der Waals surface area contributed by atoms with Gasteiger partial charge in [-0.05, 0) is 63.1 Å². The van der Waals surface area contributed by atoms with Gasteiger partial charge < -0.3 is 14.2 Å². The molecule has 1 amide bonds. The number of nitrogens with zero attached hydrogens (tertiary/aromatic N) is 3. The van der Waals surface area contributed by atoms with Gasteiger partial charge in [0.15, 0.2) is 10.7 Å². The van der Waals surface area contributed by atoms with Crippen LogP contribution in [0.15, 0.2) is 36.4 Å².